The standard InChI is InChI=1S/C16H15NO4/c1-3-12-14(16(18)19-4-2)21-15(17-12)11-9-20-13-8-6-5-7-10(11)13/h5-9H,3-4H2,1-2H3. The number of ether oxygens (including phenoxy) is 1. The number of oxazole rings is 1. The van der Waals surface area contributed by atoms with Crippen molar-refractivity contribution in [3.05, 3.63) is 42.0 Å². The average molecular weight is 285 g/mol. The molecule has 2 heterocycles. The number of para-hydroxylation sites is 1. The van der Waals surface area contributed by atoms with Gasteiger partial charge in [-0.15, -0.1) is 0 Å². The van der Waals surface area contributed by atoms with Crippen molar-refractivity contribution < 1.29 is 18.4 Å². The molecule has 0 amide bonds. The summed E-state index contributed by atoms with van der Waals surface area (Å²) < 4.78 is 16.1. The molecule has 0 bridgehead atoms. The van der Waals surface area contributed by atoms with Gasteiger partial charge in [-0.1, -0.05) is 25.1 Å². The van der Waals surface area contributed by atoms with Crippen molar-refractivity contribution >= 4 is 16.9 Å². The fourth-order valence-electron chi connectivity index (χ4n) is 2.21. The number of rotatable bonds is 4. The minimum Gasteiger partial charge on any atom is -0.463 e. The lowest BCUT2D eigenvalue weighted by Crippen LogP contribution is -2.05. The van der Waals surface area contributed by atoms with E-state index in [1.807, 2.05) is 31.2 Å². The molecule has 21 heavy (non-hydrogen) atoms. The van der Waals surface area contributed by atoms with Crippen LogP contribution in [0.1, 0.15) is 30.1 Å². The maximum Gasteiger partial charge on any atom is 0.376 e. The van der Waals surface area contributed by atoms with Crippen LogP contribution in [0, 0.1) is 0 Å². The zero-order chi connectivity index (χ0) is 14.8. The molecular weight excluding hydrogens is 270 g/mol. The van der Waals surface area contributed by atoms with Crippen LogP contribution >= 0.6 is 0 Å². The van der Waals surface area contributed by atoms with Gasteiger partial charge in [-0.2, -0.15) is 0 Å². The fourth-order valence-corrected chi connectivity index (χ4v) is 2.21. The van der Waals surface area contributed by atoms with Gasteiger partial charge in [0.05, 0.1) is 17.9 Å². The number of aryl methyl sites for hydroxylation is 1. The molecule has 3 rings (SSSR count). The Morgan fingerprint density at radius 2 is 2.10 bits per heavy atom. The lowest BCUT2D eigenvalue weighted by Gasteiger charge is -1.98. The van der Waals surface area contributed by atoms with Crippen molar-refractivity contribution in [1.82, 2.24) is 4.98 Å². The highest BCUT2D eigenvalue weighted by molar-refractivity contribution is 5.93. The third kappa shape index (κ3) is 2.31. The van der Waals surface area contributed by atoms with E-state index in [-0.39, 0.29) is 5.76 Å². The van der Waals surface area contributed by atoms with Gasteiger partial charge in [-0.3, -0.25) is 0 Å². The van der Waals surface area contributed by atoms with Crippen LogP contribution in [0.15, 0.2) is 39.4 Å². The number of carbonyl (C=O) groups excluding carboxylic acids is 1. The molecule has 5 nitrogen and oxygen atoms in total. The van der Waals surface area contributed by atoms with Crippen LogP contribution in [0.2, 0.25) is 0 Å². The molecular formula is C16H15NO4. The second-order valence-corrected chi connectivity index (χ2v) is 4.51. The van der Waals surface area contributed by atoms with E-state index in [9.17, 15) is 4.79 Å². The maximum absolute atomic E-state index is 11.9. The van der Waals surface area contributed by atoms with E-state index in [0.29, 0.717) is 24.6 Å². The second kappa shape index (κ2) is 5.44. The minimum absolute atomic E-state index is 0.166. The molecule has 0 aliphatic heterocycles. The molecule has 3 aromatic rings. The van der Waals surface area contributed by atoms with Crippen molar-refractivity contribution in [2.24, 2.45) is 0 Å². The van der Waals surface area contributed by atoms with E-state index in [4.69, 9.17) is 13.6 Å². The molecule has 0 fully saturated rings. The van der Waals surface area contributed by atoms with E-state index in [2.05, 4.69) is 4.98 Å². The molecule has 0 spiro atoms. The first kappa shape index (κ1) is 13.4. The summed E-state index contributed by atoms with van der Waals surface area (Å²) in [5.41, 5.74) is 2.08. The van der Waals surface area contributed by atoms with Crippen LogP contribution in [-0.4, -0.2) is 17.6 Å². The summed E-state index contributed by atoms with van der Waals surface area (Å²) >= 11 is 0. The number of carbonyl (C=O) groups is 1. The fraction of sp³-hybridized carbons (Fsp3) is 0.250. The van der Waals surface area contributed by atoms with Crippen LogP contribution in [-0.2, 0) is 11.2 Å². The molecule has 0 aliphatic rings. The molecule has 0 unspecified atom stereocenters. The number of esters is 1. The lowest BCUT2D eigenvalue weighted by atomic mass is 10.2. The van der Waals surface area contributed by atoms with Gasteiger partial charge in [0.25, 0.3) is 0 Å². The van der Waals surface area contributed by atoms with E-state index >= 15 is 0 Å². The molecule has 0 radical (unpaired) electrons. The van der Waals surface area contributed by atoms with Crippen molar-refractivity contribution in [1.29, 1.82) is 0 Å². The Hall–Kier alpha value is -2.56. The quantitative estimate of drug-likeness (QED) is 0.682. The average Bonchev–Trinajstić information content (AvgIpc) is 3.11. The predicted octanol–water partition coefficient (Wildman–Crippen LogP) is 3.83. The van der Waals surface area contributed by atoms with Crippen LogP contribution in [0.3, 0.4) is 0 Å². The second-order valence-electron chi connectivity index (χ2n) is 4.51. The highest BCUT2D eigenvalue weighted by atomic mass is 16.5. The van der Waals surface area contributed by atoms with Gasteiger partial charge in [0.1, 0.15) is 11.8 Å². The lowest BCUT2D eigenvalue weighted by molar-refractivity contribution is 0.0489. The topological polar surface area (TPSA) is 65.5 Å². The van der Waals surface area contributed by atoms with Crippen molar-refractivity contribution in [2.75, 3.05) is 6.61 Å². The van der Waals surface area contributed by atoms with Crippen LogP contribution < -0.4 is 0 Å². The summed E-state index contributed by atoms with van der Waals surface area (Å²) in [6.45, 7) is 3.97. The summed E-state index contributed by atoms with van der Waals surface area (Å²) in [5.74, 6) is 0.0559. The monoisotopic (exact) mass is 285 g/mol. The summed E-state index contributed by atoms with van der Waals surface area (Å²) in [7, 11) is 0. The normalized spacial score (nSPS) is 11.0. The molecule has 0 aliphatic carbocycles. The van der Waals surface area contributed by atoms with Gasteiger partial charge in [-0.25, -0.2) is 9.78 Å². The number of furan rings is 1. The summed E-state index contributed by atoms with van der Waals surface area (Å²) in [4.78, 5) is 16.3. The van der Waals surface area contributed by atoms with Gasteiger partial charge < -0.3 is 13.6 Å². The first-order valence-corrected chi connectivity index (χ1v) is 6.88. The first-order chi connectivity index (χ1) is 10.2. The van der Waals surface area contributed by atoms with Gasteiger partial charge in [0.15, 0.2) is 0 Å². The van der Waals surface area contributed by atoms with Crippen LogP contribution in [0.5, 0.6) is 0 Å². The van der Waals surface area contributed by atoms with Crippen molar-refractivity contribution in [2.45, 2.75) is 20.3 Å². The van der Waals surface area contributed by atoms with Gasteiger partial charge in [-0.05, 0) is 19.4 Å². The summed E-state index contributed by atoms with van der Waals surface area (Å²) in [6, 6.07) is 7.60. The van der Waals surface area contributed by atoms with E-state index in [1.165, 1.54) is 0 Å². The first-order valence-electron chi connectivity index (χ1n) is 6.88. The molecule has 1 aromatic carbocycles. The van der Waals surface area contributed by atoms with Gasteiger partial charge in [0, 0.05) is 5.39 Å². The van der Waals surface area contributed by atoms with Crippen molar-refractivity contribution in [3.8, 4) is 11.5 Å². The number of aromatic nitrogens is 1. The largest absolute Gasteiger partial charge is 0.463 e. The Balaban J connectivity index is 2.09. The van der Waals surface area contributed by atoms with Crippen LogP contribution in [0.4, 0.5) is 0 Å². The Morgan fingerprint density at radius 1 is 1.29 bits per heavy atom. The Kier molecular flexibility index (Phi) is 3.48. The zero-order valence-corrected chi connectivity index (χ0v) is 11.9. The molecule has 5 heteroatoms. The highest BCUT2D eigenvalue weighted by Gasteiger charge is 2.22. The SMILES string of the molecule is CCOC(=O)c1oc(-c2coc3ccccc23)nc1CC. The van der Waals surface area contributed by atoms with Gasteiger partial charge >= 0.3 is 5.97 Å². The molecule has 0 saturated carbocycles. The van der Waals surface area contributed by atoms with E-state index < -0.39 is 5.97 Å². The zero-order valence-electron chi connectivity index (χ0n) is 11.9. The van der Waals surface area contributed by atoms with Gasteiger partial charge in [0.2, 0.25) is 11.7 Å². The van der Waals surface area contributed by atoms with E-state index in [0.717, 1.165) is 16.5 Å². The molecule has 0 atom stereocenters. The molecule has 2 aromatic heterocycles. The number of fused-ring (bicyclic) bond motifs is 1. The Morgan fingerprint density at radius 3 is 2.86 bits per heavy atom. The van der Waals surface area contributed by atoms with E-state index in [1.54, 1.807) is 13.2 Å². The summed E-state index contributed by atoms with van der Waals surface area (Å²) in [5, 5.41) is 0.900. The number of hydrogen-bond acceptors (Lipinski definition) is 5. The molecule has 108 valence electrons. The number of nitrogens with zero attached hydrogens (tertiary/aromatic N) is 1. The third-order valence-electron chi connectivity index (χ3n) is 3.20. The highest BCUT2D eigenvalue weighted by Crippen LogP contribution is 2.31. The molecule has 0 saturated heterocycles. The minimum atomic E-state index is -0.485. The molecule has 0 N–H and O–H groups in total. The van der Waals surface area contributed by atoms with Crippen molar-refractivity contribution in [3.63, 3.8) is 0 Å². The third-order valence-corrected chi connectivity index (χ3v) is 3.20. The smallest absolute Gasteiger partial charge is 0.376 e. The number of hydrogen-bond donors (Lipinski definition) is 0. The predicted molar refractivity (Wildman–Crippen MR) is 77.0 cm³/mol. The maximum atomic E-state index is 11.9. The number of benzene rings is 1. The summed E-state index contributed by atoms with van der Waals surface area (Å²) in [6.07, 6.45) is 2.18. The Labute approximate surface area is 121 Å². The van der Waals surface area contributed by atoms with Crippen LogP contribution in [0.25, 0.3) is 22.4 Å². The Bertz CT molecular complexity index is 785.